The fourth-order valence-corrected chi connectivity index (χ4v) is 1.44. The van der Waals surface area contributed by atoms with Gasteiger partial charge in [-0.15, -0.1) is 13.2 Å². The number of carbonyl (C=O) groups is 1. The van der Waals surface area contributed by atoms with E-state index in [4.69, 9.17) is 5.11 Å². The van der Waals surface area contributed by atoms with Crippen LogP contribution in [-0.2, 0) is 11.2 Å². The Labute approximate surface area is 108 Å². The summed E-state index contributed by atoms with van der Waals surface area (Å²) in [5.41, 5.74) is -1.62. The molecule has 1 N–H and O–H groups in total. The summed E-state index contributed by atoms with van der Waals surface area (Å²) in [6, 6.07) is 0. The van der Waals surface area contributed by atoms with E-state index in [1.165, 1.54) is 0 Å². The van der Waals surface area contributed by atoms with Crippen molar-refractivity contribution in [1.29, 1.82) is 0 Å². The van der Waals surface area contributed by atoms with Crippen molar-refractivity contribution in [2.75, 3.05) is 7.11 Å². The van der Waals surface area contributed by atoms with Crippen molar-refractivity contribution >= 4 is 5.97 Å². The van der Waals surface area contributed by atoms with E-state index in [0.717, 1.165) is 7.11 Å². The molecule has 0 amide bonds. The van der Waals surface area contributed by atoms with Crippen LogP contribution in [0.3, 0.4) is 0 Å². The van der Waals surface area contributed by atoms with Crippen molar-refractivity contribution in [3.8, 4) is 11.5 Å². The van der Waals surface area contributed by atoms with Crippen molar-refractivity contribution in [2.24, 2.45) is 0 Å². The van der Waals surface area contributed by atoms with Gasteiger partial charge < -0.3 is 14.6 Å². The number of carboxylic acid groups (broad SMARTS) is 1. The van der Waals surface area contributed by atoms with E-state index in [0.29, 0.717) is 6.20 Å². The number of methoxy groups -OCH3 is 1. The molecule has 10 heteroatoms. The summed E-state index contributed by atoms with van der Waals surface area (Å²) >= 11 is 0. The highest BCUT2D eigenvalue weighted by molar-refractivity contribution is 5.71. The molecule has 0 atom stereocenters. The Kier molecular flexibility index (Phi) is 4.69. The molecule has 112 valence electrons. The molecule has 1 rings (SSSR count). The van der Waals surface area contributed by atoms with Gasteiger partial charge >= 0.3 is 12.3 Å². The maximum absolute atomic E-state index is 12.9. The number of hydrogen-bond donors (Lipinski definition) is 1. The summed E-state index contributed by atoms with van der Waals surface area (Å²) in [7, 11) is 0.908. The lowest BCUT2D eigenvalue weighted by Gasteiger charge is -2.17. The first-order valence-corrected chi connectivity index (χ1v) is 4.97. The van der Waals surface area contributed by atoms with Crippen LogP contribution in [0, 0.1) is 0 Å². The van der Waals surface area contributed by atoms with Crippen molar-refractivity contribution in [1.82, 2.24) is 4.98 Å². The first-order valence-electron chi connectivity index (χ1n) is 4.97. The number of aliphatic carboxylic acids is 1. The lowest BCUT2D eigenvalue weighted by atomic mass is 10.1. The van der Waals surface area contributed by atoms with Crippen molar-refractivity contribution in [2.45, 2.75) is 19.2 Å². The van der Waals surface area contributed by atoms with Gasteiger partial charge in [0.1, 0.15) is 5.56 Å². The van der Waals surface area contributed by atoms with Crippen LogP contribution in [0.4, 0.5) is 22.0 Å². The molecule has 0 unspecified atom stereocenters. The number of ether oxygens (including phenoxy) is 2. The molecule has 1 aromatic heterocycles. The summed E-state index contributed by atoms with van der Waals surface area (Å²) in [4.78, 5) is 13.9. The lowest BCUT2D eigenvalue weighted by Crippen LogP contribution is -2.19. The van der Waals surface area contributed by atoms with Crippen LogP contribution in [-0.4, -0.2) is 29.5 Å². The second-order valence-electron chi connectivity index (χ2n) is 3.44. The number of pyridine rings is 1. The van der Waals surface area contributed by atoms with Gasteiger partial charge in [-0.1, -0.05) is 0 Å². The van der Waals surface area contributed by atoms with Crippen LogP contribution in [0.15, 0.2) is 6.20 Å². The molecule has 0 aliphatic heterocycles. The Bertz CT molecular complexity index is 503. The van der Waals surface area contributed by atoms with Gasteiger partial charge in [0.05, 0.1) is 25.4 Å². The fourth-order valence-electron chi connectivity index (χ4n) is 1.44. The normalized spacial score (nSPS) is 11.6. The number of carboxylic acids is 1. The summed E-state index contributed by atoms with van der Waals surface area (Å²) in [5.74, 6) is -3.39. The van der Waals surface area contributed by atoms with Crippen LogP contribution in [0.25, 0.3) is 0 Å². The summed E-state index contributed by atoms with van der Waals surface area (Å²) < 4.78 is 70.0. The molecule has 0 bridgehead atoms. The highest BCUT2D eigenvalue weighted by Gasteiger charge is 2.35. The number of hydrogen-bond acceptors (Lipinski definition) is 4. The Morgan fingerprint density at radius 1 is 1.45 bits per heavy atom. The van der Waals surface area contributed by atoms with E-state index in [2.05, 4.69) is 14.5 Å². The first-order chi connectivity index (χ1) is 9.15. The highest BCUT2D eigenvalue weighted by Crippen LogP contribution is 2.40. The predicted molar refractivity (Wildman–Crippen MR) is 53.8 cm³/mol. The van der Waals surface area contributed by atoms with E-state index < -0.39 is 47.9 Å². The van der Waals surface area contributed by atoms with Crippen LogP contribution >= 0.6 is 0 Å². The molecule has 0 saturated carbocycles. The molecule has 1 heterocycles. The zero-order chi connectivity index (χ0) is 15.5. The SMILES string of the molecule is COc1c(CC(=O)O)ncc(OC(F)(F)F)c1C(F)F. The van der Waals surface area contributed by atoms with Gasteiger partial charge in [0.2, 0.25) is 0 Å². The molecule has 20 heavy (non-hydrogen) atoms. The van der Waals surface area contributed by atoms with Gasteiger partial charge in [-0.05, 0) is 0 Å². The third-order valence-electron chi connectivity index (χ3n) is 2.08. The third-order valence-corrected chi connectivity index (χ3v) is 2.08. The molecule has 0 fully saturated rings. The zero-order valence-electron chi connectivity index (χ0n) is 9.87. The quantitative estimate of drug-likeness (QED) is 0.846. The molecule has 0 saturated heterocycles. The molecular formula is C10H8F5NO4. The number of nitrogens with zero attached hydrogens (tertiary/aromatic N) is 1. The Hall–Kier alpha value is -2.13. The third kappa shape index (κ3) is 3.93. The standard InChI is InChI=1S/C10H8F5NO4/c1-19-8-4(2-6(17)18)16-3-5(7(8)9(11)12)20-10(13,14)15/h3,9H,2H2,1H3,(H,17,18). The molecule has 0 spiro atoms. The van der Waals surface area contributed by atoms with Gasteiger partial charge in [-0.25, -0.2) is 8.78 Å². The first kappa shape index (κ1) is 15.9. The smallest absolute Gasteiger partial charge is 0.494 e. The van der Waals surface area contributed by atoms with Crippen LogP contribution in [0.2, 0.25) is 0 Å². The average molecular weight is 301 g/mol. The van der Waals surface area contributed by atoms with Gasteiger partial charge in [-0.3, -0.25) is 9.78 Å². The van der Waals surface area contributed by atoms with E-state index in [1.807, 2.05) is 0 Å². The highest BCUT2D eigenvalue weighted by atomic mass is 19.4. The summed E-state index contributed by atoms with van der Waals surface area (Å²) in [5, 5.41) is 8.58. The number of halogens is 5. The minimum absolute atomic E-state index is 0.385. The maximum atomic E-state index is 12.9. The predicted octanol–water partition coefficient (Wildman–Crippen LogP) is 2.55. The Morgan fingerprint density at radius 2 is 2.05 bits per heavy atom. The van der Waals surface area contributed by atoms with Crippen LogP contribution in [0.5, 0.6) is 11.5 Å². The Balaban J connectivity index is 3.37. The fraction of sp³-hybridized carbons (Fsp3) is 0.400. The van der Waals surface area contributed by atoms with Gasteiger partial charge in [0, 0.05) is 0 Å². The van der Waals surface area contributed by atoms with E-state index in [9.17, 15) is 26.7 Å². The zero-order valence-corrected chi connectivity index (χ0v) is 9.87. The lowest BCUT2D eigenvalue weighted by molar-refractivity contribution is -0.275. The van der Waals surface area contributed by atoms with Crippen molar-refractivity contribution in [3.63, 3.8) is 0 Å². The maximum Gasteiger partial charge on any atom is 0.573 e. The minimum atomic E-state index is -5.19. The molecule has 0 aliphatic rings. The molecule has 0 radical (unpaired) electrons. The topological polar surface area (TPSA) is 68.7 Å². The summed E-state index contributed by atoms with van der Waals surface area (Å²) in [6.07, 6.45) is -8.95. The van der Waals surface area contributed by atoms with Crippen molar-refractivity contribution in [3.05, 3.63) is 17.5 Å². The van der Waals surface area contributed by atoms with Gasteiger partial charge in [0.25, 0.3) is 6.43 Å². The van der Waals surface area contributed by atoms with Gasteiger partial charge in [0.15, 0.2) is 11.5 Å². The van der Waals surface area contributed by atoms with E-state index >= 15 is 0 Å². The molecule has 5 nitrogen and oxygen atoms in total. The van der Waals surface area contributed by atoms with Crippen LogP contribution in [0.1, 0.15) is 17.7 Å². The number of aromatic nitrogens is 1. The second-order valence-corrected chi connectivity index (χ2v) is 3.44. The Morgan fingerprint density at radius 3 is 2.45 bits per heavy atom. The largest absolute Gasteiger partial charge is 0.573 e. The monoisotopic (exact) mass is 301 g/mol. The molecule has 0 aromatic carbocycles. The average Bonchev–Trinajstić information content (AvgIpc) is 2.27. The van der Waals surface area contributed by atoms with E-state index in [1.54, 1.807) is 0 Å². The number of rotatable bonds is 5. The number of alkyl halides is 5. The molecule has 1 aromatic rings. The van der Waals surface area contributed by atoms with Crippen LogP contribution < -0.4 is 9.47 Å². The molecule has 0 aliphatic carbocycles. The van der Waals surface area contributed by atoms with E-state index in [-0.39, 0.29) is 0 Å². The minimum Gasteiger partial charge on any atom is -0.494 e. The van der Waals surface area contributed by atoms with Gasteiger partial charge in [-0.2, -0.15) is 0 Å². The summed E-state index contributed by atoms with van der Waals surface area (Å²) in [6.45, 7) is 0. The second kappa shape index (κ2) is 5.88. The van der Waals surface area contributed by atoms with Crippen molar-refractivity contribution < 1.29 is 41.3 Å². The molecular weight excluding hydrogens is 293 g/mol.